The van der Waals surface area contributed by atoms with Crippen LogP contribution in [0.15, 0.2) is 80.4 Å². The highest BCUT2D eigenvalue weighted by Gasteiger charge is 2.47. The summed E-state index contributed by atoms with van der Waals surface area (Å²) in [5, 5.41) is 21.2. The molecular weight excluding hydrogens is 1120 g/mol. The number of benzene rings is 2. The summed E-state index contributed by atoms with van der Waals surface area (Å²) in [6.45, 7) is 7.99. The highest BCUT2D eigenvalue weighted by atomic mass is 32.1. The van der Waals surface area contributed by atoms with E-state index in [1.165, 1.54) is 136 Å². The zero-order valence-corrected chi connectivity index (χ0v) is 47.5. The SMILES string of the molecule is C.C.COCCO[C@@H](Cn1c(=O)n([C@@]2(C)CCN(C)C2=O)c(=O)c2c(C)c(-n3nccn3)sc21)c1cc(F)ccc1OC.COCCO[C@@H](Cn1c(=O)n([C@@]2(C)CCNC2=O)c(=O)c2c(C)c(-n3nccn3)sc21)c1cc(F)ccc1OC. The lowest BCUT2D eigenvalue weighted by molar-refractivity contribution is -0.133. The summed E-state index contributed by atoms with van der Waals surface area (Å²) in [6.07, 6.45) is 4.85. The maximum Gasteiger partial charge on any atom is 0.333 e. The number of likely N-dealkylation sites (tertiary alicyclic amines) is 1. The van der Waals surface area contributed by atoms with E-state index in [-0.39, 0.29) is 83.9 Å². The molecule has 2 amide bonds. The Morgan fingerprint density at radius 2 is 1.05 bits per heavy atom. The summed E-state index contributed by atoms with van der Waals surface area (Å²) in [5.74, 6) is -1.02. The third-order valence-electron chi connectivity index (χ3n) is 14.7. The fourth-order valence-corrected chi connectivity index (χ4v) is 12.7. The fourth-order valence-electron chi connectivity index (χ4n) is 10.3. The van der Waals surface area contributed by atoms with Crippen LogP contribution in [-0.4, -0.2) is 140 Å². The molecule has 2 aliphatic heterocycles. The molecular formula is C55H68F2N12O12S2. The van der Waals surface area contributed by atoms with Crippen LogP contribution in [0.1, 0.15) is 76.0 Å². The van der Waals surface area contributed by atoms with Crippen molar-refractivity contribution < 1.29 is 46.8 Å². The molecule has 8 heterocycles. The van der Waals surface area contributed by atoms with Crippen LogP contribution in [0, 0.1) is 25.5 Å². The summed E-state index contributed by atoms with van der Waals surface area (Å²) in [4.78, 5) is 87.8. The predicted octanol–water partition coefficient (Wildman–Crippen LogP) is 5.42. The molecule has 24 nitrogen and oxygen atoms in total. The van der Waals surface area contributed by atoms with Gasteiger partial charge in [-0.15, -0.1) is 9.59 Å². The average Bonchev–Trinajstić information content (AvgIpc) is 4.04. The van der Waals surface area contributed by atoms with E-state index in [1.54, 1.807) is 34.7 Å². The number of aryl methyl sites for hydroxylation is 2. The van der Waals surface area contributed by atoms with Gasteiger partial charge in [0.05, 0.1) is 89.3 Å². The van der Waals surface area contributed by atoms with Crippen molar-refractivity contribution in [3.05, 3.63) is 137 Å². The van der Waals surface area contributed by atoms with E-state index >= 15 is 0 Å². The van der Waals surface area contributed by atoms with Crippen molar-refractivity contribution in [1.82, 2.24) is 58.5 Å². The number of thiophene rings is 2. The van der Waals surface area contributed by atoms with Crippen LogP contribution in [-0.2, 0) is 52.7 Å². The Bertz CT molecular complexity index is 3890. The van der Waals surface area contributed by atoms with Gasteiger partial charge in [-0.3, -0.25) is 28.3 Å². The van der Waals surface area contributed by atoms with Crippen LogP contribution >= 0.6 is 22.7 Å². The molecule has 28 heteroatoms. The minimum atomic E-state index is -1.40. The highest BCUT2D eigenvalue weighted by molar-refractivity contribution is 7.21. The second-order valence-electron chi connectivity index (χ2n) is 19.6. The molecule has 10 rings (SSSR count). The van der Waals surface area contributed by atoms with E-state index < -0.39 is 63.3 Å². The number of hydrogen-bond donors (Lipinski definition) is 1. The zero-order valence-electron chi connectivity index (χ0n) is 45.9. The molecule has 8 aromatic rings. The van der Waals surface area contributed by atoms with Crippen molar-refractivity contribution in [1.29, 1.82) is 0 Å². The number of carbonyl (C=O) groups is 2. The lowest BCUT2D eigenvalue weighted by atomic mass is 10.00. The number of nitrogens with one attached hydrogen (secondary N) is 1. The normalized spacial score (nSPS) is 17.5. The Hall–Kier alpha value is -7.76. The molecule has 0 bridgehead atoms. The number of carbonyl (C=O) groups excluding carboxylic acids is 2. The molecule has 0 spiro atoms. The number of ether oxygens (including phenoxy) is 6. The van der Waals surface area contributed by atoms with Gasteiger partial charge in [0.1, 0.15) is 66.1 Å². The van der Waals surface area contributed by atoms with Crippen LogP contribution in [0.25, 0.3) is 30.4 Å². The van der Waals surface area contributed by atoms with Gasteiger partial charge in [0, 0.05) is 56.6 Å². The van der Waals surface area contributed by atoms with Crippen LogP contribution in [0.5, 0.6) is 11.5 Å². The van der Waals surface area contributed by atoms with E-state index in [4.69, 9.17) is 28.4 Å². The number of nitrogens with zero attached hydrogens (tertiary/aromatic N) is 11. The Morgan fingerprint density at radius 3 is 1.41 bits per heavy atom. The van der Waals surface area contributed by atoms with Crippen LogP contribution in [0.3, 0.4) is 0 Å². The second-order valence-corrected chi connectivity index (χ2v) is 21.6. The number of hydrogen-bond acceptors (Lipinski definition) is 18. The molecule has 1 N–H and O–H groups in total. The lowest BCUT2D eigenvalue weighted by Crippen LogP contribution is -2.53. The zero-order chi connectivity index (χ0) is 58.1. The van der Waals surface area contributed by atoms with Gasteiger partial charge in [-0.1, -0.05) is 37.5 Å². The first kappa shape index (κ1) is 62.8. The largest absolute Gasteiger partial charge is 0.496 e. The van der Waals surface area contributed by atoms with Crippen molar-refractivity contribution in [2.24, 2.45) is 0 Å². The number of rotatable bonds is 20. The summed E-state index contributed by atoms with van der Waals surface area (Å²) >= 11 is 2.34. The summed E-state index contributed by atoms with van der Waals surface area (Å²) < 4.78 is 67.3. The maximum absolute atomic E-state index is 14.5. The van der Waals surface area contributed by atoms with Gasteiger partial charge < -0.3 is 38.6 Å². The lowest BCUT2D eigenvalue weighted by Gasteiger charge is -2.27. The summed E-state index contributed by atoms with van der Waals surface area (Å²) in [6, 6.07) is 8.10. The summed E-state index contributed by atoms with van der Waals surface area (Å²) in [5.41, 5.74) is -3.41. The molecule has 446 valence electrons. The van der Waals surface area contributed by atoms with Gasteiger partial charge in [-0.25, -0.2) is 27.5 Å². The first-order valence-electron chi connectivity index (χ1n) is 25.6. The van der Waals surface area contributed by atoms with Crippen molar-refractivity contribution in [2.75, 3.05) is 75.0 Å². The van der Waals surface area contributed by atoms with Gasteiger partial charge in [0.15, 0.2) is 0 Å². The first-order chi connectivity index (χ1) is 38.8. The Labute approximate surface area is 483 Å². The number of fused-ring (bicyclic) bond motifs is 2. The van der Waals surface area contributed by atoms with Gasteiger partial charge >= 0.3 is 11.4 Å². The third kappa shape index (κ3) is 11.5. The monoisotopic (exact) mass is 1190 g/mol. The van der Waals surface area contributed by atoms with Crippen LogP contribution in [0.4, 0.5) is 8.78 Å². The number of methoxy groups -OCH3 is 4. The van der Waals surface area contributed by atoms with Crippen molar-refractivity contribution in [3.63, 3.8) is 0 Å². The minimum Gasteiger partial charge on any atom is -0.496 e. The standard InChI is InChI=1S/C27H31FN6O6S.C26H29FN6O6S.2CH4/c1-16-21-22(35)33(27(2)8-11-31(3)25(27)36)26(37)32(24(21)41-23(16)34-29-9-10-30-34)15-20(40-13-12-38-4)18-14-17(28)6-7-19(18)39-5;1-15-20-21(34)32(26(2)7-8-28-24(26)35)25(36)31(23(20)40-22(15)33-29-9-10-30-33)14-19(39-12-11-37-3)17-13-16(27)5-6-18(17)38-4;;/h6-7,9-10,14,20H,8,11-13,15H2,1-5H3;5-6,9-10,13,19H,7-8,11-12,14H2,1-4H3,(H,28,35);2*1H4/t20-,27-;19-,26-;;/m00../s1. The minimum absolute atomic E-state index is 0. The molecule has 83 heavy (non-hydrogen) atoms. The average molecular weight is 1190 g/mol. The Kier molecular flexibility index (Phi) is 19.5. The molecule has 0 aliphatic carbocycles. The van der Waals surface area contributed by atoms with Crippen molar-refractivity contribution in [3.8, 4) is 21.5 Å². The molecule has 0 unspecified atom stereocenters. The number of halogens is 2. The van der Waals surface area contributed by atoms with E-state index in [0.717, 1.165) is 9.13 Å². The van der Waals surface area contributed by atoms with Crippen molar-refractivity contribution >= 4 is 54.9 Å². The molecule has 2 saturated heterocycles. The van der Waals surface area contributed by atoms with E-state index in [9.17, 15) is 37.5 Å². The topological polar surface area (TPSA) is 254 Å². The van der Waals surface area contributed by atoms with E-state index in [2.05, 4.69) is 25.7 Å². The number of aromatic nitrogens is 10. The highest BCUT2D eigenvalue weighted by Crippen LogP contribution is 2.38. The van der Waals surface area contributed by atoms with E-state index in [1.807, 2.05) is 0 Å². The molecule has 0 radical (unpaired) electrons. The Morgan fingerprint density at radius 1 is 0.627 bits per heavy atom. The molecule has 4 atom stereocenters. The van der Waals surface area contributed by atoms with Crippen LogP contribution < -0.4 is 37.3 Å². The molecule has 6 aromatic heterocycles. The Balaban J connectivity index is 0.000000233. The van der Waals surface area contributed by atoms with Gasteiger partial charge in [0.2, 0.25) is 11.8 Å². The predicted molar refractivity (Wildman–Crippen MR) is 308 cm³/mol. The molecule has 2 fully saturated rings. The van der Waals surface area contributed by atoms with Crippen LogP contribution in [0.2, 0.25) is 0 Å². The van der Waals surface area contributed by atoms with Crippen molar-refractivity contribution in [2.45, 2.75) is 91.8 Å². The fraction of sp³-hybridized carbons (Fsp3) is 0.455. The third-order valence-corrected chi connectivity index (χ3v) is 17.2. The first-order valence-corrected chi connectivity index (χ1v) is 27.2. The summed E-state index contributed by atoms with van der Waals surface area (Å²) in [7, 11) is 7.61. The van der Waals surface area contributed by atoms with E-state index in [0.29, 0.717) is 66.5 Å². The van der Waals surface area contributed by atoms with Gasteiger partial charge in [0.25, 0.3) is 11.1 Å². The number of amides is 2. The molecule has 2 aliphatic rings. The second kappa shape index (κ2) is 25.8. The van der Waals surface area contributed by atoms with Gasteiger partial charge in [-0.05, 0) is 76.9 Å². The quantitative estimate of drug-likeness (QED) is 0.0936. The number of likely N-dealkylation sites (N-methyl/N-ethyl adjacent to an activating group) is 1. The molecule has 2 aromatic carbocycles. The van der Waals surface area contributed by atoms with Gasteiger partial charge in [-0.2, -0.15) is 20.4 Å². The smallest absolute Gasteiger partial charge is 0.333 e. The molecule has 0 saturated carbocycles. The maximum atomic E-state index is 14.5.